The average molecular weight is 302 g/mol. The fourth-order valence-electron chi connectivity index (χ4n) is 2.28. The maximum absolute atomic E-state index is 12.1. The fourth-order valence-corrected chi connectivity index (χ4v) is 3.82. The molecule has 0 aromatic carbocycles. The smallest absolute Gasteiger partial charge is 0.264 e. The van der Waals surface area contributed by atoms with E-state index in [0.717, 1.165) is 15.9 Å². The van der Waals surface area contributed by atoms with Crippen molar-refractivity contribution in [3.8, 4) is 0 Å². The number of hydrogen-bond acceptors (Lipinski definition) is 2. The zero-order chi connectivity index (χ0) is 11.5. The summed E-state index contributed by atoms with van der Waals surface area (Å²) in [5.74, 6) is 0.862. The van der Waals surface area contributed by atoms with Crippen LogP contribution in [0, 0.1) is 5.92 Å². The molecule has 2 nitrogen and oxygen atoms in total. The largest absolute Gasteiger partial charge is 0.341 e. The van der Waals surface area contributed by atoms with Crippen LogP contribution in [0.5, 0.6) is 0 Å². The molecule has 1 fully saturated rings. The Labute approximate surface area is 109 Å². The number of halogens is 1. The molecule has 0 unspecified atom stereocenters. The van der Waals surface area contributed by atoms with Crippen LogP contribution in [0.4, 0.5) is 0 Å². The van der Waals surface area contributed by atoms with Gasteiger partial charge >= 0.3 is 0 Å². The minimum Gasteiger partial charge on any atom is -0.341 e. The molecule has 4 heteroatoms. The summed E-state index contributed by atoms with van der Waals surface area (Å²) < 4.78 is 0.917. The van der Waals surface area contributed by atoms with Crippen molar-refractivity contribution >= 4 is 33.2 Å². The van der Waals surface area contributed by atoms with Gasteiger partial charge in [0.05, 0.1) is 0 Å². The van der Waals surface area contributed by atoms with Crippen LogP contribution in [-0.4, -0.2) is 24.4 Å². The molecule has 1 aliphatic carbocycles. The monoisotopic (exact) mass is 301 g/mol. The van der Waals surface area contributed by atoms with E-state index in [2.05, 4.69) is 15.9 Å². The molecule has 0 aliphatic heterocycles. The second-order valence-electron chi connectivity index (χ2n) is 4.43. The van der Waals surface area contributed by atoms with Gasteiger partial charge in [0, 0.05) is 18.1 Å². The molecule has 1 aliphatic rings. The van der Waals surface area contributed by atoms with E-state index >= 15 is 0 Å². The average Bonchev–Trinajstić information content (AvgIpc) is 2.88. The van der Waals surface area contributed by atoms with Crippen LogP contribution < -0.4 is 0 Å². The molecule has 88 valence electrons. The minimum absolute atomic E-state index is 0.147. The first-order chi connectivity index (χ1) is 7.68. The van der Waals surface area contributed by atoms with E-state index in [9.17, 15) is 4.79 Å². The molecule has 1 heterocycles. The third kappa shape index (κ3) is 2.66. The SMILES string of the molecule is CN(CC1CCCC1)C(=O)c1sccc1Br. The summed E-state index contributed by atoms with van der Waals surface area (Å²) in [7, 11) is 1.91. The molecule has 0 spiro atoms. The lowest BCUT2D eigenvalue weighted by Gasteiger charge is -2.20. The zero-order valence-corrected chi connectivity index (χ0v) is 11.8. The first-order valence-electron chi connectivity index (χ1n) is 5.67. The predicted molar refractivity (Wildman–Crippen MR) is 70.9 cm³/mol. The highest BCUT2D eigenvalue weighted by Gasteiger charge is 2.21. The van der Waals surface area contributed by atoms with Gasteiger partial charge in [-0.25, -0.2) is 0 Å². The van der Waals surface area contributed by atoms with E-state index in [4.69, 9.17) is 0 Å². The van der Waals surface area contributed by atoms with Crippen molar-refractivity contribution in [2.75, 3.05) is 13.6 Å². The maximum Gasteiger partial charge on any atom is 0.264 e. The molecule has 0 bridgehead atoms. The summed E-state index contributed by atoms with van der Waals surface area (Å²) in [4.78, 5) is 14.8. The van der Waals surface area contributed by atoms with Crippen LogP contribution >= 0.6 is 27.3 Å². The Bertz CT molecular complexity index is 371. The number of hydrogen-bond donors (Lipinski definition) is 0. The Hall–Kier alpha value is -0.350. The van der Waals surface area contributed by atoms with E-state index in [1.54, 1.807) is 0 Å². The molecular weight excluding hydrogens is 286 g/mol. The van der Waals surface area contributed by atoms with Gasteiger partial charge < -0.3 is 4.90 Å². The molecular formula is C12H16BrNOS. The molecule has 1 amide bonds. The van der Waals surface area contributed by atoms with Crippen LogP contribution in [0.1, 0.15) is 35.4 Å². The Kier molecular flexibility index (Phi) is 4.03. The number of nitrogens with zero attached hydrogens (tertiary/aromatic N) is 1. The van der Waals surface area contributed by atoms with Crippen molar-refractivity contribution < 1.29 is 4.79 Å². The lowest BCUT2D eigenvalue weighted by atomic mass is 10.1. The standard InChI is InChI=1S/C12H16BrNOS/c1-14(8-9-4-2-3-5-9)12(15)11-10(13)6-7-16-11/h6-7,9H,2-5,8H2,1H3. The molecule has 1 aromatic heterocycles. The van der Waals surface area contributed by atoms with Crippen molar-refractivity contribution in [2.24, 2.45) is 5.92 Å². The Balaban J connectivity index is 1.96. The fraction of sp³-hybridized carbons (Fsp3) is 0.583. The van der Waals surface area contributed by atoms with Gasteiger partial charge in [-0.1, -0.05) is 12.8 Å². The van der Waals surface area contributed by atoms with E-state index in [0.29, 0.717) is 5.92 Å². The third-order valence-corrected chi connectivity index (χ3v) is 4.99. The summed E-state index contributed by atoms with van der Waals surface area (Å²) in [5.41, 5.74) is 0. The number of rotatable bonds is 3. The van der Waals surface area contributed by atoms with Crippen LogP contribution in [-0.2, 0) is 0 Å². The van der Waals surface area contributed by atoms with E-state index < -0.39 is 0 Å². The van der Waals surface area contributed by atoms with Crippen molar-refractivity contribution in [1.29, 1.82) is 0 Å². The zero-order valence-electron chi connectivity index (χ0n) is 9.41. The van der Waals surface area contributed by atoms with Crippen LogP contribution in [0.25, 0.3) is 0 Å². The van der Waals surface area contributed by atoms with Gasteiger partial charge in [0.25, 0.3) is 5.91 Å². The normalized spacial score (nSPS) is 16.6. The highest BCUT2D eigenvalue weighted by atomic mass is 79.9. The number of thiophene rings is 1. The Morgan fingerprint density at radius 2 is 2.25 bits per heavy atom. The van der Waals surface area contributed by atoms with Crippen LogP contribution in [0.15, 0.2) is 15.9 Å². The quantitative estimate of drug-likeness (QED) is 0.832. The van der Waals surface area contributed by atoms with Gasteiger partial charge in [0.1, 0.15) is 4.88 Å². The second-order valence-corrected chi connectivity index (χ2v) is 6.20. The first-order valence-corrected chi connectivity index (χ1v) is 7.34. The van der Waals surface area contributed by atoms with Gasteiger partial charge in [-0.05, 0) is 46.1 Å². The van der Waals surface area contributed by atoms with Crippen LogP contribution in [0.3, 0.4) is 0 Å². The van der Waals surface area contributed by atoms with Crippen molar-refractivity contribution in [1.82, 2.24) is 4.90 Å². The van der Waals surface area contributed by atoms with Gasteiger partial charge in [-0.15, -0.1) is 11.3 Å². The first kappa shape index (κ1) is 12.1. The molecule has 0 radical (unpaired) electrons. The Morgan fingerprint density at radius 1 is 1.56 bits per heavy atom. The molecule has 2 rings (SSSR count). The Morgan fingerprint density at radius 3 is 2.81 bits per heavy atom. The van der Waals surface area contributed by atoms with E-state index in [-0.39, 0.29) is 5.91 Å². The topological polar surface area (TPSA) is 20.3 Å². The van der Waals surface area contributed by atoms with Gasteiger partial charge in [-0.3, -0.25) is 4.79 Å². The number of amides is 1. The number of carbonyl (C=O) groups excluding carboxylic acids is 1. The second kappa shape index (κ2) is 5.32. The van der Waals surface area contributed by atoms with E-state index in [1.807, 2.05) is 23.4 Å². The molecule has 0 saturated heterocycles. The summed E-state index contributed by atoms with van der Waals surface area (Å²) in [6.45, 7) is 0.906. The molecule has 1 saturated carbocycles. The van der Waals surface area contributed by atoms with Gasteiger partial charge in [0.15, 0.2) is 0 Å². The maximum atomic E-state index is 12.1. The van der Waals surface area contributed by atoms with Crippen molar-refractivity contribution in [3.05, 3.63) is 20.8 Å². The molecule has 0 atom stereocenters. The van der Waals surface area contributed by atoms with Crippen molar-refractivity contribution in [2.45, 2.75) is 25.7 Å². The van der Waals surface area contributed by atoms with E-state index in [1.165, 1.54) is 37.0 Å². The summed E-state index contributed by atoms with van der Waals surface area (Å²) in [6.07, 6.45) is 5.22. The predicted octanol–water partition coefficient (Wildman–Crippen LogP) is 3.77. The molecule has 16 heavy (non-hydrogen) atoms. The minimum atomic E-state index is 0.147. The van der Waals surface area contributed by atoms with Gasteiger partial charge in [0.2, 0.25) is 0 Å². The van der Waals surface area contributed by atoms with Crippen LogP contribution in [0.2, 0.25) is 0 Å². The van der Waals surface area contributed by atoms with Crippen molar-refractivity contribution in [3.63, 3.8) is 0 Å². The lowest BCUT2D eigenvalue weighted by molar-refractivity contribution is 0.0777. The summed E-state index contributed by atoms with van der Waals surface area (Å²) >= 11 is 4.92. The number of carbonyl (C=O) groups is 1. The summed E-state index contributed by atoms with van der Waals surface area (Å²) in [6, 6.07) is 1.93. The molecule has 0 N–H and O–H groups in total. The highest BCUT2D eigenvalue weighted by Crippen LogP contribution is 2.27. The lowest BCUT2D eigenvalue weighted by Crippen LogP contribution is -2.30. The summed E-state index contributed by atoms with van der Waals surface area (Å²) in [5, 5.41) is 1.95. The highest BCUT2D eigenvalue weighted by molar-refractivity contribution is 9.10. The van der Waals surface area contributed by atoms with Gasteiger partial charge in [-0.2, -0.15) is 0 Å². The molecule has 1 aromatic rings. The third-order valence-electron chi connectivity index (χ3n) is 3.16.